The van der Waals surface area contributed by atoms with Crippen LogP contribution in [0.3, 0.4) is 0 Å². The summed E-state index contributed by atoms with van der Waals surface area (Å²) in [4.78, 5) is 28.4. The first-order valence-corrected chi connectivity index (χ1v) is 7.98. The molecular formula is C17H21ClN4O2. The van der Waals surface area contributed by atoms with Gasteiger partial charge in [0, 0.05) is 37.8 Å². The van der Waals surface area contributed by atoms with Crippen LogP contribution in [0.1, 0.15) is 28.8 Å². The Bertz CT molecular complexity index is 641. The number of carbonyl (C=O) groups excluding carboxylic acids is 2. The first kappa shape index (κ1) is 18.2. The van der Waals surface area contributed by atoms with Crippen LogP contribution in [0.5, 0.6) is 0 Å². The minimum atomic E-state index is -0.0261. The summed E-state index contributed by atoms with van der Waals surface area (Å²) in [6, 6.07) is 8.88. The number of halogens is 1. The Morgan fingerprint density at radius 1 is 1.25 bits per heavy atom. The highest BCUT2D eigenvalue weighted by atomic mass is 35.5. The van der Waals surface area contributed by atoms with Gasteiger partial charge in [0.2, 0.25) is 5.91 Å². The van der Waals surface area contributed by atoms with E-state index in [1.165, 1.54) is 0 Å². The molecule has 2 aliphatic heterocycles. The number of carbonyl (C=O) groups is 2. The Morgan fingerprint density at radius 2 is 2.00 bits per heavy atom. The second-order valence-electron chi connectivity index (χ2n) is 6.00. The van der Waals surface area contributed by atoms with Crippen LogP contribution in [0.4, 0.5) is 0 Å². The summed E-state index contributed by atoms with van der Waals surface area (Å²) in [6.07, 6.45) is 1.85. The SMILES string of the molecule is Cl.N#Cc1ccc(C(=O)N2CCCC(N3CCNCC3=O)C2)cc1. The Kier molecular flexibility index (Phi) is 6.18. The minimum Gasteiger partial charge on any atom is -0.337 e. The number of piperidine rings is 1. The zero-order valence-corrected chi connectivity index (χ0v) is 14.2. The molecule has 0 radical (unpaired) electrons. The van der Waals surface area contributed by atoms with E-state index in [4.69, 9.17) is 5.26 Å². The van der Waals surface area contributed by atoms with Crippen LogP contribution in [0, 0.1) is 11.3 Å². The number of rotatable bonds is 2. The van der Waals surface area contributed by atoms with E-state index in [0.29, 0.717) is 30.8 Å². The molecule has 2 amide bonds. The van der Waals surface area contributed by atoms with Gasteiger partial charge in [-0.15, -0.1) is 12.4 Å². The van der Waals surface area contributed by atoms with Gasteiger partial charge in [-0.3, -0.25) is 9.59 Å². The van der Waals surface area contributed by atoms with E-state index in [2.05, 4.69) is 11.4 Å². The molecule has 0 saturated carbocycles. The van der Waals surface area contributed by atoms with Gasteiger partial charge in [0.05, 0.1) is 18.2 Å². The molecule has 1 N–H and O–H groups in total. The fourth-order valence-electron chi connectivity index (χ4n) is 3.27. The highest BCUT2D eigenvalue weighted by Gasteiger charge is 2.31. The lowest BCUT2D eigenvalue weighted by atomic mass is 10.0. The number of piperazine rings is 1. The first-order chi connectivity index (χ1) is 11.2. The summed E-state index contributed by atoms with van der Waals surface area (Å²) >= 11 is 0. The standard InChI is InChI=1S/C17H20N4O2.ClH/c18-10-13-3-5-14(6-4-13)17(23)20-8-1-2-15(12-20)21-9-7-19-11-16(21)22;/h3-6,15,19H,1-2,7-9,11-12H2;1H. The average molecular weight is 349 g/mol. The fraction of sp³-hybridized carbons (Fsp3) is 0.471. The van der Waals surface area contributed by atoms with Crippen molar-refractivity contribution in [3.8, 4) is 6.07 Å². The molecule has 7 heteroatoms. The van der Waals surface area contributed by atoms with E-state index in [0.717, 1.165) is 25.9 Å². The summed E-state index contributed by atoms with van der Waals surface area (Å²) in [5.74, 6) is 0.0932. The number of nitrogens with one attached hydrogen (secondary N) is 1. The molecule has 0 aromatic heterocycles. The third kappa shape index (κ3) is 3.86. The molecule has 1 atom stereocenters. The van der Waals surface area contributed by atoms with E-state index in [1.807, 2.05) is 9.80 Å². The van der Waals surface area contributed by atoms with Crippen LogP contribution in [0.25, 0.3) is 0 Å². The van der Waals surface area contributed by atoms with Crippen molar-refractivity contribution in [1.82, 2.24) is 15.1 Å². The van der Waals surface area contributed by atoms with Crippen LogP contribution in [-0.4, -0.2) is 60.4 Å². The third-order valence-electron chi connectivity index (χ3n) is 4.51. The highest BCUT2D eigenvalue weighted by Crippen LogP contribution is 2.19. The molecule has 2 heterocycles. The largest absolute Gasteiger partial charge is 0.337 e. The lowest BCUT2D eigenvalue weighted by Crippen LogP contribution is -2.57. The van der Waals surface area contributed by atoms with Crippen molar-refractivity contribution in [1.29, 1.82) is 5.26 Å². The lowest BCUT2D eigenvalue weighted by Gasteiger charge is -2.41. The summed E-state index contributed by atoms with van der Waals surface area (Å²) in [6.45, 7) is 3.22. The van der Waals surface area contributed by atoms with E-state index >= 15 is 0 Å². The highest BCUT2D eigenvalue weighted by molar-refractivity contribution is 5.94. The van der Waals surface area contributed by atoms with Gasteiger partial charge in [-0.2, -0.15) is 5.26 Å². The topological polar surface area (TPSA) is 76.4 Å². The van der Waals surface area contributed by atoms with Crippen LogP contribution in [-0.2, 0) is 4.79 Å². The molecule has 1 unspecified atom stereocenters. The van der Waals surface area contributed by atoms with Gasteiger partial charge in [0.25, 0.3) is 5.91 Å². The maximum absolute atomic E-state index is 12.6. The zero-order chi connectivity index (χ0) is 16.2. The number of benzene rings is 1. The molecule has 2 saturated heterocycles. The molecule has 2 fully saturated rings. The Balaban J connectivity index is 0.00000208. The number of nitrogens with zero attached hydrogens (tertiary/aromatic N) is 3. The zero-order valence-electron chi connectivity index (χ0n) is 13.4. The predicted molar refractivity (Wildman–Crippen MR) is 91.9 cm³/mol. The van der Waals surface area contributed by atoms with Crippen molar-refractivity contribution < 1.29 is 9.59 Å². The summed E-state index contributed by atoms with van der Waals surface area (Å²) in [5.41, 5.74) is 1.14. The fourth-order valence-corrected chi connectivity index (χ4v) is 3.27. The first-order valence-electron chi connectivity index (χ1n) is 7.98. The van der Waals surface area contributed by atoms with Crippen molar-refractivity contribution in [2.75, 3.05) is 32.7 Å². The second-order valence-corrected chi connectivity index (χ2v) is 6.00. The number of nitriles is 1. The van der Waals surface area contributed by atoms with Crippen LogP contribution >= 0.6 is 12.4 Å². The minimum absolute atomic E-state index is 0. The lowest BCUT2D eigenvalue weighted by molar-refractivity contribution is -0.135. The average Bonchev–Trinajstić information content (AvgIpc) is 2.62. The Morgan fingerprint density at radius 3 is 2.67 bits per heavy atom. The smallest absolute Gasteiger partial charge is 0.253 e. The van der Waals surface area contributed by atoms with Crippen molar-refractivity contribution in [2.24, 2.45) is 0 Å². The van der Waals surface area contributed by atoms with Crippen molar-refractivity contribution in [3.05, 3.63) is 35.4 Å². The summed E-state index contributed by atoms with van der Waals surface area (Å²) < 4.78 is 0. The Hall–Kier alpha value is -2.10. The van der Waals surface area contributed by atoms with Gasteiger partial charge < -0.3 is 15.1 Å². The molecule has 24 heavy (non-hydrogen) atoms. The van der Waals surface area contributed by atoms with Gasteiger partial charge in [-0.25, -0.2) is 0 Å². The maximum atomic E-state index is 12.6. The number of likely N-dealkylation sites (tertiary alicyclic amines) is 1. The van der Waals surface area contributed by atoms with Crippen LogP contribution in [0.15, 0.2) is 24.3 Å². The summed E-state index contributed by atoms with van der Waals surface area (Å²) in [5, 5.41) is 11.9. The van der Waals surface area contributed by atoms with Crippen molar-refractivity contribution >= 4 is 24.2 Å². The van der Waals surface area contributed by atoms with Gasteiger partial charge in [-0.05, 0) is 37.1 Å². The van der Waals surface area contributed by atoms with Gasteiger partial charge >= 0.3 is 0 Å². The molecule has 0 bridgehead atoms. The van der Waals surface area contributed by atoms with E-state index < -0.39 is 0 Å². The van der Waals surface area contributed by atoms with Gasteiger partial charge in [0.15, 0.2) is 0 Å². The van der Waals surface area contributed by atoms with Crippen molar-refractivity contribution in [3.63, 3.8) is 0 Å². The molecule has 2 aliphatic rings. The van der Waals surface area contributed by atoms with E-state index in [9.17, 15) is 9.59 Å². The number of hydrogen-bond donors (Lipinski definition) is 1. The van der Waals surface area contributed by atoms with Crippen LogP contribution in [0.2, 0.25) is 0 Å². The molecule has 3 rings (SSSR count). The molecule has 1 aromatic carbocycles. The second kappa shape index (κ2) is 8.13. The number of amides is 2. The summed E-state index contributed by atoms with van der Waals surface area (Å²) in [7, 11) is 0. The van der Waals surface area contributed by atoms with Gasteiger partial charge in [-0.1, -0.05) is 0 Å². The quantitative estimate of drug-likeness (QED) is 0.865. The molecule has 6 nitrogen and oxygen atoms in total. The molecule has 128 valence electrons. The molecule has 0 aliphatic carbocycles. The monoisotopic (exact) mass is 348 g/mol. The van der Waals surface area contributed by atoms with Gasteiger partial charge in [0.1, 0.15) is 0 Å². The van der Waals surface area contributed by atoms with E-state index in [1.54, 1.807) is 24.3 Å². The van der Waals surface area contributed by atoms with Crippen LogP contribution < -0.4 is 5.32 Å². The number of hydrogen-bond acceptors (Lipinski definition) is 4. The molecule has 0 spiro atoms. The molecular weight excluding hydrogens is 328 g/mol. The normalized spacial score (nSPS) is 21.0. The maximum Gasteiger partial charge on any atom is 0.253 e. The third-order valence-corrected chi connectivity index (χ3v) is 4.51. The van der Waals surface area contributed by atoms with E-state index in [-0.39, 0.29) is 30.3 Å². The predicted octanol–water partition coefficient (Wildman–Crippen LogP) is 1.02. The van der Waals surface area contributed by atoms with Crippen molar-refractivity contribution in [2.45, 2.75) is 18.9 Å². The Labute approximate surface area is 147 Å². The molecule has 1 aromatic rings.